The van der Waals surface area contributed by atoms with Gasteiger partial charge >= 0.3 is 0 Å². The molecule has 5 heteroatoms. The van der Waals surface area contributed by atoms with E-state index >= 15 is 0 Å². The summed E-state index contributed by atoms with van der Waals surface area (Å²) in [6, 6.07) is 5.24. The first-order valence-corrected chi connectivity index (χ1v) is 7.58. The minimum Gasteiger partial charge on any atom is -0.494 e. The molecule has 1 aromatic carbocycles. The van der Waals surface area contributed by atoms with Gasteiger partial charge in [0.15, 0.2) is 0 Å². The van der Waals surface area contributed by atoms with Gasteiger partial charge in [-0.05, 0) is 43.9 Å². The van der Waals surface area contributed by atoms with Crippen LogP contribution in [0.4, 0.5) is 11.4 Å². The minimum absolute atomic E-state index is 0.00725. The van der Waals surface area contributed by atoms with Crippen LogP contribution in [0.5, 0.6) is 5.75 Å². The summed E-state index contributed by atoms with van der Waals surface area (Å²) < 4.78 is 5.25. The number of hydrogen-bond acceptors (Lipinski definition) is 4. The molecule has 1 fully saturated rings. The van der Waals surface area contributed by atoms with Crippen LogP contribution >= 0.6 is 0 Å². The summed E-state index contributed by atoms with van der Waals surface area (Å²) in [4.78, 5) is 14.4. The zero-order chi connectivity index (χ0) is 15.2. The summed E-state index contributed by atoms with van der Waals surface area (Å²) in [5.74, 6) is 1.37. The first-order chi connectivity index (χ1) is 10.1. The van der Waals surface area contributed by atoms with Crippen molar-refractivity contribution < 1.29 is 9.53 Å². The molecule has 1 saturated carbocycles. The average molecular weight is 291 g/mol. The highest BCUT2D eigenvalue weighted by Crippen LogP contribution is 2.30. The Bertz CT molecular complexity index is 486. The first-order valence-electron chi connectivity index (χ1n) is 7.58. The lowest BCUT2D eigenvalue weighted by molar-refractivity contribution is -0.117. The normalized spacial score (nSPS) is 14.2. The Morgan fingerprint density at radius 2 is 2.24 bits per heavy atom. The van der Waals surface area contributed by atoms with E-state index in [1.165, 1.54) is 12.8 Å². The molecule has 3 N–H and O–H groups in total. The largest absolute Gasteiger partial charge is 0.494 e. The fraction of sp³-hybridized carbons (Fsp3) is 0.562. The van der Waals surface area contributed by atoms with Gasteiger partial charge < -0.3 is 15.8 Å². The fourth-order valence-corrected chi connectivity index (χ4v) is 2.42. The maximum atomic E-state index is 12.2. The lowest BCUT2D eigenvalue weighted by atomic mass is 10.2. The number of carbonyl (C=O) groups excluding carboxylic acids is 1. The van der Waals surface area contributed by atoms with Crippen LogP contribution in [0.3, 0.4) is 0 Å². The van der Waals surface area contributed by atoms with Crippen LogP contribution in [-0.4, -0.2) is 37.6 Å². The predicted molar refractivity (Wildman–Crippen MR) is 85.5 cm³/mol. The van der Waals surface area contributed by atoms with Gasteiger partial charge in [0.05, 0.1) is 19.3 Å². The van der Waals surface area contributed by atoms with Crippen molar-refractivity contribution in [2.24, 2.45) is 5.92 Å². The van der Waals surface area contributed by atoms with Gasteiger partial charge in [-0.25, -0.2) is 0 Å². The minimum atomic E-state index is -0.00725. The SMILES string of the molecule is CCCN(CC(=O)Nc1ccc(N)cc1OC)CC1CC1. The van der Waals surface area contributed by atoms with Crippen molar-refractivity contribution in [3.05, 3.63) is 18.2 Å². The number of amides is 1. The molecule has 116 valence electrons. The van der Waals surface area contributed by atoms with Crippen molar-refractivity contribution in [1.29, 1.82) is 0 Å². The van der Waals surface area contributed by atoms with Crippen molar-refractivity contribution in [1.82, 2.24) is 4.90 Å². The zero-order valence-electron chi connectivity index (χ0n) is 12.9. The summed E-state index contributed by atoms with van der Waals surface area (Å²) in [5, 5.41) is 2.91. The van der Waals surface area contributed by atoms with Crippen LogP contribution < -0.4 is 15.8 Å². The van der Waals surface area contributed by atoms with Crippen LogP contribution in [0, 0.1) is 5.92 Å². The number of nitrogens with two attached hydrogens (primary N) is 1. The molecule has 0 heterocycles. The van der Waals surface area contributed by atoms with E-state index in [9.17, 15) is 4.79 Å². The number of benzene rings is 1. The molecule has 0 spiro atoms. The van der Waals surface area contributed by atoms with E-state index < -0.39 is 0 Å². The molecule has 21 heavy (non-hydrogen) atoms. The third kappa shape index (κ3) is 4.93. The number of carbonyl (C=O) groups is 1. The van der Waals surface area contributed by atoms with Crippen molar-refractivity contribution >= 4 is 17.3 Å². The molecule has 0 unspecified atom stereocenters. The number of rotatable bonds is 8. The number of anilines is 2. The van der Waals surface area contributed by atoms with E-state index in [0.717, 1.165) is 25.4 Å². The number of hydrogen-bond donors (Lipinski definition) is 2. The lowest BCUT2D eigenvalue weighted by Gasteiger charge is -2.21. The third-order valence-corrected chi connectivity index (χ3v) is 3.62. The molecule has 0 radical (unpaired) electrons. The second kappa shape index (κ2) is 7.31. The molecule has 1 amide bonds. The molecular weight excluding hydrogens is 266 g/mol. The van der Waals surface area contributed by atoms with E-state index in [-0.39, 0.29) is 5.91 Å². The topological polar surface area (TPSA) is 67.6 Å². The Hall–Kier alpha value is -1.75. The van der Waals surface area contributed by atoms with E-state index in [2.05, 4.69) is 17.1 Å². The van der Waals surface area contributed by atoms with Gasteiger partial charge in [0, 0.05) is 18.3 Å². The van der Waals surface area contributed by atoms with Crippen molar-refractivity contribution in [2.45, 2.75) is 26.2 Å². The van der Waals surface area contributed by atoms with Gasteiger partial charge in [-0.15, -0.1) is 0 Å². The molecule has 0 bridgehead atoms. The smallest absolute Gasteiger partial charge is 0.238 e. The summed E-state index contributed by atoms with van der Waals surface area (Å²) in [5.41, 5.74) is 7.00. The van der Waals surface area contributed by atoms with E-state index in [1.807, 2.05) is 0 Å². The second-order valence-electron chi connectivity index (χ2n) is 5.69. The highest BCUT2D eigenvalue weighted by Gasteiger charge is 2.25. The van der Waals surface area contributed by atoms with Crippen molar-refractivity contribution in [2.75, 3.05) is 37.8 Å². The molecule has 0 aliphatic heterocycles. The highest BCUT2D eigenvalue weighted by atomic mass is 16.5. The molecule has 0 saturated heterocycles. The van der Waals surface area contributed by atoms with Gasteiger partial charge in [0.25, 0.3) is 0 Å². The summed E-state index contributed by atoms with van der Waals surface area (Å²) in [6.45, 7) is 4.56. The van der Waals surface area contributed by atoms with Crippen LogP contribution in [0.1, 0.15) is 26.2 Å². The van der Waals surface area contributed by atoms with E-state index in [0.29, 0.717) is 23.7 Å². The molecule has 0 atom stereocenters. The Balaban J connectivity index is 1.93. The van der Waals surface area contributed by atoms with Gasteiger partial charge in [-0.1, -0.05) is 6.92 Å². The highest BCUT2D eigenvalue weighted by molar-refractivity contribution is 5.94. The first kappa shape index (κ1) is 15.6. The maximum Gasteiger partial charge on any atom is 0.238 e. The van der Waals surface area contributed by atoms with Crippen molar-refractivity contribution in [3.63, 3.8) is 0 Å². The number of ether oxygens (including phenoxy) is 1. The maximum absolute atomic E-state index is 12.2. The summed E-state index contributed by atoms with van der Waals surface area (Å²) in [7, 11) is 1.57. The standard InChI is InChI=1S/C16H25N3O2/c1-3-8-19(10-12-4-5-12)11-16(20)18-14-7-6-13(17)9-15(14)21-2/h6-7,9,12H,3-5,8,10-11,17H2,1-2H3,(H,18,20). The lowest BCUT2D eigenvalue weighted by Crippen LogP contribution is -2.35. The Morgan fingerprint density at radius 3 is 2.86 bits per heavy atom. The predicted octanol–water partition coefficient (Wildman–Crippen LogP) is 2.34. The van der Waals surface area contributed by atoms with Crippen molar-refractivity contribution in [3.8, 4) is 5.75 Å². The summed E-state index contributed by atoms with van der Waals surface area (Å²) >= 11 is 0. The van der Waals surface area contributed by atoms with Gasteiger partial charge in [-0.2, -0.15) is 0 Å². The summed E-state index contributed by atoms with van der Waals surface area (Å²) in [6.07, 6.45) is 3.66. The monoisotopic (exact) mass is 291 g/mol. The quantitative estimate of drug-likeness (QED) is 0.721. The average Bonchev–Trinajstić information content (AvgIpc) is 3.25. The van der Waals surface area contributed by atoms with Gasteiger partial charge in [-0.3, -0.25) is 9.69 Å². The molecule has 5 nitrogen and oxygen atoms in total. The Kier molecular flexibility index (Phi) is 5.44. The number of nitrogens with one attached hydrogen (secondary N) is 1. The van der Waals surface area contributed by atoms with Crippen LogP contribution in [-0.2, 0) is 4.79 Å². The van der Waals surface area contributed by atoms with E-state index in [4.69, 9.17) is 10.5 Å². The molecule has 2 rings (SSSR count). The van der Waals surface area contributed by atoms with E-state index in [1.54, 1.807) is 25.3 Å². The molecule has 1 aromatic rings. The zero-order valence-corrected chi connectivity index (χ0v) is 12.9. The Labute approximate surface area is 126 Å². The molecule has 1 aliphatic carbocycles. The second-order valence-corrected chi connectivity index (χ2v) is 5.69. The fourth-order valence-electron chi connectivity index (χ4n) is 2.42. The Morgan fingerprint density at radius 1 is 1.48 bits per heavy atom. The number of nitrogens with zero attached hydrogens (tertiary/aromatic N) is 1. The molecule has 0 aromatic heterocycles. The molecule has 1 aliphatic rings. The third-order valence-electron chi connectivity index (χ3n) is 3.62. The van der Waals surface area contributed by atoms with Crippen LogP contribution in [0.2, 0.25) is 0 Å². The van der Waals surface area contributed by atoms with Crippen LogP contribution in [0.25, 0.3) is 0 Å². The van der Waals surface area contributed by atoms with Gasteiger partial charge in [0.2, 0.25) is 5.91 Å². The van der Waals surface area contributed by atoms with Crippen LogP contribution in [0.15, 0.2) is 18.2 Å². The number of nitrogen functional groups attached to an aromatic ring is 1. The molecular formula is C16H25N3O2. The number of methoxy groups -OCH3 is 1. The van der Waals surface area contributed by atoms with Gasteiger partial charge in [0.1, 0.15) is 5.75 Å².